The molecule has 4 N–H and O–H groups in total. The van der Waals surface area contributed by atoms with Crippen molar-refractivity contribution in [3.63, 3.8) is 0 Å². The van der Waals surface area contributed by atoms with Crippen LogP contribution in [0, 0.1) is 0 Å². The molecule has 12 heteroatoms. The van der Waals surface area contributed by atoms with E-state index in [0.717, 1.165) is 6.04 Å². The molecule has 1 saturated heterocycles. The summed E-state index contributed by atoms with van der Waals surface area (Å²) in [6.07, 6.45) is 3.21. The molecule has 0 spiro atoms. The molecule has 1 unspecified atom stereocenters. The number of aromatic amines is 1. The summed E-state index contributed by atoms with van der Waals surface area (Å²) < 4.78 is 41.5. The molecule has 0 bridgehead atoms. The molecular formula is C23H30F3N9. The molecule has 5 rings (SSSR count). The average Bonchev–Trinajstić information content (AvgIpc) is 3.46. The number of aromatic nitrogens is 7. The van der Waals surface area contributed by atoms with E-state index in [-0.39, 0.29) is 17.2 Å². The van der Waals surface area contributed by atoms with Crippen LogP contribution in [0.1, 0.15) is 45.6 Å². The van der Waals surface area contributed by atoms with Crippen molar-refractivity contribution in [1.82, 2.24) is 40.2 Å². The Labute approximate surface area is 201 Å². The van der Waals surface area contributed by atoms with E-state index < -0.39 is 11.7 Å². The Morgan fingerprint density at radius 1 is 1.11 bits per heavy atom. The lowest BCUT2D eigenvalue weighted by Crippen LogP contribution is -2.30. The van der Waals surface area contributed by atoms with Gasteiger partial charge in [0.25, 0.3) is 0 Å². The van der Waals surface area contributed by atoms with Crippen molar-refractivity contribution in [3.05, 3.63) is 36.3 Å². The maximum absolute atomic E-state index is 13.3. The first-order valence-corrected chi connectivity index (χ1v) is 11.5. The highest BCUT2D eigenvalue weighted by atomic mass is 19.4. The minimum Gasteiger partial charge on any atom is -0.368 e. The van der Waals surface area contributed by atoms with Crippen LogP contribution in [0.25, 0.3) is 33.7 Å². The van der Waals surface area contributed by atoms with Crippen molar-refractivity contribution in [2.45, 2.75) is 52.3 Å². The van der Waals surface area contributed by atoms with Crippen LogP contribution in [0.2, 0.25) is 0 Å². The fraction of sp³-hybridized carbons (Fsp3) is 0.435. The number of piperidine rings is 1. The van der Waals surface area contributed by atoms with Crippen molar-refractivity contribution < 1.29 is 13.2 Å². The molecule has 35 heavy (non-hydrogen) atoms. The second kappa shape index (κ2) is 11.3. The summed E-state index contributed by atoms with van der Waals surface area (Å²) in [7, 11) is 1.72. The number of alkyl halides is 3. The minimum atomic E-state index is -4.61. The molecule has 0 aromatic carbocycles. The van der Waals surface area contributed by atoms with Gasteiger partial charge >= 0.3 is 6.18 Å². The van der Waals surface area contributed by atoms with Gasteiger partial charge in [0.15, 0.2) is 0 Å². The Balaban J connectivity index is 0.000000324. The first kappa shape index (κ1) is 26.1. The third kappa shape index (κ3) is 6.13. The van der Waals surface area contributed by atoms with Gasteiger partial charge in [-0.3, -0.25) is 0 Å². The Kier molecular flexibility index (Phi) is 8.39. The molecule has 1 aliphatic heterocycles. The summed E-state index contributed by atoms with van der Waals surface area (Å²) >= 11 is 0. The number of fused-ring (bicyclic) bond motifs is 1. The van der Waals surface area contributed by atoms with E-state index in [4.69, 9.17) is 5.73 Å². The molecular weight excluding hydrogens is 459 g/mol. The van der Waals surface area contributed by atoms with E-state index in [1.54, 1.807) is 30.1 Å². The van der Waals surface area contributed by atoms with E-state index in [1.807, 2.05) is 13.8 Å². The number of pyridine rings is 1. The van der Waals surface area contributed by atoms with Gasteiger partial charge in [0.2, 0.25) is 5.95 Å². The van der Waals surface area contributed by atoms with Gasteiger partial charge < -0.3 is 16.0 Å². The van der Waals surface area contributed by atoms with Crippen molar-refractivity contribution in [2.24, 2.45) is 7.05 Å². The molecule has 4 aromatic heterocycles. The maximum Gasteiger partial charge on any atom is 0.419 e. The number of aryl methyl sites for hydroxylation is 1. The summed E-state index contributed by atoms with van der Waals surface area (Å²) in [6, 6.07) is 4.12. The van der Waals surface area contributed by atoms with Crippen molar-refractivity contribution in [2.75, 3.05) is 12.3 Å². The predicted octanol–water partition coefficient (Wildman–Crippen LogP) is 4.59. The Morgan fingerprint density at radius 2 is 1.89 bits per heavy atom. The number of H-pyrrole nitrogens is 1. The Hall–Kier alpha value is -3.54. The average molecular weight is 490 g/mol. The Bertz CT molecular complexity index is 1240. The lowest BCUT2D eigenvalue weighted by Gasteiger charge is -2.18. The normalized spacial score (nSPS) is 15.7. The first-order valence-electron chi connectivity index (χ1n) is 11.5. The highest BCUT2D eigenvalue weighted by molar-refractivity contribution is 5.94. The van der Waals surface area contributed by atoms with Gasteiger partial charge in [0.05, 0.1) is 17.6 Å². The number of nitrogens with two attached hydrogens (primary N) is 1. The highest BCUT2D eigenvalue weighted by Crippen LogP contribution is 2.38. The second-order valence-electron chi connectivity index (χ2n) is 7.88. The molecule has 1 fully saturated rings. The van der Waals surface area contributed by atoms with Gasteiger partial charge in [0, 0.05) is 36.4 Å². The molecule has 4 aromatic rings. The molecule has 0 amide bonds. The molecule has 5 heterocycles. The SMILES string of the molecule is CC.CC1CCCCN1.Cn1nncc1-c1ccc2c(-c3nc(N)ncc3C(F)(F)F)c[nH]c2n1. The number of anilines is 1. The fourth-order valence-electron chi connectivity index (χ4n) is 3.70. The lowest BCUT2D eigenvalue weighted by molar-refractivity contribution is -0.137. The summed E-state index contributed by atoms with van der Waals surface area (Å²) in [5, 5.41) is 11.5. The van der Waals surface area contributed by atoms with Crippen LogP contribution in [0.5, 0.6) is 0 Å². The monoisotopic (exact) mass is 489 g/mol. The van der Waals surface area contributed by atoms with Crippen molar-refractivity contribution >= 4 is 17.0 Å². The maximum atomic E-state index is 13.3. The van der Waals surface area contributed by atoms with Gasteiger partial charge in [-0.2, -0.15) is 13.2 Å². The summed E-state index contributed by atoms with van der Waals surface area (Å²) in [4.78, 5) is 14.6. The lowest BCUT2D eigenvalue weighted by atomic mass is 10.1. The van der Waals surface area contributed by atoms with Crippen molar-refractivity contribution in [3.8, 4) is 22.6 Å². The van der Waals surface area contributed by atoms with Crippen LogP contribution < -0.4 is 11.1 Å². The van der Waals surface area contributed by atoms with E-state index in [1.165, 1.54) is 32.0 Å². The number of nitrogens with zero attached hydrogens (tertiary/aromatic N) is 6. The van der Waals surface area contributed by atoms with E-state index >= 15 is 0 Å². The highest BCUT2D eigenvalue weighted by Gasteiger charge is 2.36. The van der Waals surface area contributed by atoms with Gasteiger partial charge in [-0.1, -0.05) is 25.5 Å². The molecule has 0 radical (unpaired) electrons. The number of nitrogens with one attached hydrogen (secondary N) is 2. The Morgan fingerprint density at radius 3 is 2.46 bits per heavy atom. The van der Waals surface area contributed by atoms with E-state index in [9.17, 15) is 13.2 Å². The zero-order valence-corrected chi connectivity index (χ0v) is 20.2. The summed E-state index contributed by atoms with van der Waals surface area (Å²) in [5.74, 6) is -0.243. The van der Waals surface area contributed by atoms with Crippen LogP contribution in [-0.2, 0) is 13.2 Å². The van der Waals surface area contributed by atoms with Crippen LogP contribution in [0.4, 0.5) is 19.1 Å². The number of nitrogen functional groups attached to an aromatic ring is 1. The molecule has 0 aliphatic carbocycles. The van der Waals surface area contributed by atoms with E-state index in [0.29, 0.717) is 28.6 Å². The van der Waals surface area contributed by atoms with Gasteiger partial charge in [-0.15, -0.1) is 5.10 Å². The van der Waals surface area contributed by atoms with Crippen LogP contribution >= 0.6 is 0 Å². The van der Waals surface area contributed by atoms with Crippen LogP contribution in [-0.4, -0.2) is 47.5 Å². The number of rotatable bonds is 2. The topological polar surface area (TPSA) is 123 Å². The number of hydrogen-bond donors (Lipinski definition) is 3. The molecule has 9 nitrogen and oxygen atoms in total. The third-order valence-electron chi connectivity index (χ3n) is 5.44. The van der Waals surface area contributed by atoms with E-state index in [2.05, 4.69) is 42.5 Å². The summed E-state index contributed by atoms with van der Waals surface area (Å²) in [6.45, 7) is 7.49. The number of halogens is 3. The van der Waals surface area contributed by atoms with Crippen LogP contribution in [0.3, 0.4) is 0 Å². The van der Waals surface area contributed by atoms with Gasteiger partial charge in [-0.25, -0.2) is 19.6 Å². The first-order chi connectivity index (χ1) is 16.7. The second-order valence-corrected chi connectivity index (χ2v) is 7.88. The van der Waals surface area contributed by atoms with Gasteiger partial charge in [0.1, 0.15) is 16.9 Å². The molecule has 1 aliphatic rings. The van der Waals surface area contributed by atoms with Crippen LogP contribution in [0.15, 0.2) is 30.7 Å². The zero-order valence-electron chi connectivity index (χ0n) is 20.2. The quantitative estimate of drug-likeness (QED) is 0.376. The smallest absolute Gasteiger partial charge is 0.368 e. The number of hydrogen-bond acceptors (Lipinski definition) is 7. The standard InChI is InChI=1S/C15H11F3N8.C6H13N.C2H6/c1-26-11(6-22-25-26)10-3-2-7-8(4-20-13(7)23-10)12-9(15(16,17)18)5-21-14(19)24-12;1-6-4-2-3-5-7-6;1-2/h2-6H,1H3,(H,20,23)(H2,19,21,24);6-7H,2-5H2,1H3;1-2H3. The third-order valence-corrected chi connectivity index (χ3v) is 5.44. The fourth-order valence-corrected chi connectivity index (χ4v) is 3.70. The van der Waals surface area contributed by atoms with Crippen molar-refractivity contribution in [1.29, 1.82) is 0 Å². The molecule has 0 saturated carbocycles. The molecule has 1 atom stereocenters. The zero-order chi connectivity index (χ0) is 25.6. The van der Waals surface area contributed by atoms with Gasteiger partial charge in [-0.05, 0) is 38.4 Å². The largest absolute Gasteiger partial charge is 0.419 e. The predicted molar refractivity (Wildman–Crippen MR) is 129 cm³/mol. The molecule has 188 valence electrons. The minimum absolute atomic E-state index is 0.239. The summed E-state index contributed by atoms with van der Waals surface area (Å²) in [5.41, 5.74) is 6.13.